The van der Waals surface area contributed by atoms with Crippen LogP contribution in [0.4, 0.5) is 0 Å². The zero-order chi connectivity index (χ0) is 12.5. The zero-order valence-corrected chi connectivity index (χ0v) is 11.1. The highest BCUT2D eigenvalue weighted by molar-refractivity contribution is 5.76. The standard InChI is InChI=1S/C15H25NO2/c17-9-13-11-5-6-12(8-11)15(13)16-14(18)7-10-3-1-2-4-10/h10-13,15,17H,1-9H2,(H,16,18). The second-order valence-corrected chi connectivity index (χ2v) is 6.63. The van der Waals surface area contributed by atoms with Crippen molar-refractivity contribution in [2.24, 2.45) is 23.7 Å². The molecule has 4 unspecified atom stereocenters. The molecule has 0 aliphatic heterocycles. The van der Waals surface area contributed by atoms with Crippen molar-refractivity contribution in [3.05, 3.63) is 0 Å². The molecule has 18 heavy (non-hydrogen) atoms. The second-order valence-electron chi connectivity index (χ2n) is 6.63. The van der Waals surface area contributed by atoms with Crippen molar-refractivity contribution in [1.29, 1.82) is 0 Å². The summed E-state index contributed by atoms with van der Waals surface area (Å²) in [6.45, 7) is 0.246. The minimum atomic E-state index is 0.234. The third-order valence-corrected chi connectivity index (χ3v) is 5.58. The third kappa shape index (κ3) is 2.29. The van der Waals surface area contributed by atoms with E-state index in [2.05, 4.69) is 5.32 Å². The Kier molecular flexibility index (Phi) is 3.60. The third-order valence-electron chi connectivity index (χ3n) is 5.58. The SMILES string of the molecule is O=C(CC1CCCC1)NC1C2CCC(C2)C1CO. The van der Waals surface area contributed by atoms with Crippen molar-refractivity contribution in [3.63, 3.8) is 0 Å². The highest BCUT2D eigenvalue weighted by atomic mass is 16.3. The number of aliphatic hydroxyl groups excluding tert-OH is 1. The molecule has 2 N–H and O–H groups in total. The van der Waals surface area contributed by atoms with Crippen LogP contribution in [0.2, 0.25) is 0 Å². The predicted molar refractivity (Wildman–Crippen MR) is 69.9 cm³/mol. The molecule has 1 amide bonds. The van der Waals surface area contributed by atoms with E-state index >= 15 is 0 Å². The van der Waals surface area contributed by atoms with Gasteiger partial charge in [-0.3, -0.25) is 4.79 Å². The predicted octanol–water partition coefficient (Wildman–Crippen LogP) is 2.09. The maximum absolute atomic E-state index is 12.1. The van der Waals surface area contributed by atoms with Gasteiger partial charge >= 0.3 is 0 Å². The van der Waals surface area contributed by atoms with E-state index in [1.807, 2.05) is 0 Å². The molecule has 0 aromatic rings. The molecule has 0 aromatic carbocycles. The van der Waals surface area contributed by atoms with E-state index in [9.17, 15) is 9.90 Å². The number of amides is 1. The summed E-state index contributed by atoms with van der Waals surface area (Å²) < 4.78 is 0. The quantitative estimate of drug-likeness (QED) is 0.804. The van der Waals surface area contributed by atoms with E-state index in [0.717, 1.165) is 0 Å². The fourth-order valence-electron chi connectivity index (χ4n) is 4.62. The molecule has 3 rings (SSSR count). The minimum absolute atomic E-state index is 0.234. The van der Waals surface area contributed by atoms with Crippen LogP contribution in [-0.2, 0) is 4.79 Å². The second kappa shape index (κ2) is 5.20. The van der Waals surface area contributed by atoms with Crippen LogP contribution in [0.3, 0.4) is 0 Å². The Hall–Kier alpha value is -0.570. The van der Waals surface area contributed by atoms with E-state index in [0.29, 0.717) is 30.1 Å². The molecule has 3 saturated carbocycles. The van der Waals surface area contributed by atoms with Crippen LogP contribution >= 0.6 is 0 Å². The van der Waals surface area contributed by atoms with Crippen molar-refractivity contribution in [2.75, 3.05) is 6.61 Å². The van der Waals surface area contributed by atoms with Crippen LogP contribution in [0.1, 0.15) is 51.4 Å². The summed E-state index contributed by atoms with van der Waals surface area (Å²) >= 11 is 0. The molecule has 0 aromatic heterocycles. The molecule has 2 bridgehead atoms. The number of carbonyl (C=O) groups is 1. The van der Waals surface area contributed by atoms with Gasteiger partial charge in [0.1, 0.15) is 0 Å². The monoisotopic (exact) mass is 251 g/mol. The van der Waals surface area contributed by atoms with Gasteiger partial charge in [-0.25, -0.2) is 0 Å². The number of hydrogen-bond acceptors (Lipinski definition) is 2. The highest BCUT2D eigenvalue weighted by Gasteiger charge is 2.47. The Morgan fingerprint density at radius 2 is 1.83 bits per heavy atom. The molecule has 3 heteroatoms. The van der Waals surface area contributed by atoms with Gasteiger partial charge in [-0.2, -0.15) is 0 Å². The number of carbonyl (C=O) groups excluding carboxylic acids is 1. The van der Waals surface area contributed by atoms with E-state index in [4.69, 9.17) is 0 Å². The molecule has 3 nitrogen and oxygen atoms in total. The maximum atomic E-state index is 12.1. The van der Waals surface area contributed by atoms with E-state index < -0.39 is 0 Å². The first-order chi connectivity index (χ1) is 8.78. The van der Waals surface area contributed by atoms with Crippen LogP contribution in [0.5, 0.6) is 0 Å². The Labute approximate surface area is 109 Å². The fraction of sp³-hybridized carbons (Fsp3) is 0.933. The fourth-order valence-corrected chi connectivity index (χ4v) is 4.62. The Morgan fingerprint density at radius 1 is 1.11 bits per heavy atom. The lowest BCUT2D eigenvalue weighted by Crippen LogP contribution is -2.45. The van der Waals surface area contributed by atoms with Gasteiger partial charge in [0, 0.05) is 25.0 Å². The van der Waals surface area contributed by atoms with Gasteiger partial charge in [-0.1, -0.05) is 12.8 Å². The summed E-state index contributed by atoms with van der Waals surface area (Å²) in [5, 5.41) is 12.7. The molecule has 0 heterocycles. The first-order valence-electron chi connectivity index (χ1n) is 7.68. The molecule has 0 saturated heterocycles. The lowest BCUT2D eigenvalue weighted by Gasteiger charge is -2.30. The summed E-state index contributed by atoms with van der Waals surface area (Å²) in [5.74, 6) is 2.49. The van der Waals surface area contributed by atoms with Crippen molar-refractivity contribution in [1.82, 2.24) is 5.32 Å². The zero-order valence-electron chi connectivity index (χ0n) is 11.1. The normalized spacial score (nSPS) is 39.4. The van der Waals surface area contributed by atoms with Crippen molar-refractivity contribution in [3.8, 4) is 0 Å². The Morgan fingerprint density at radius 3 is 2.56 bits per heavy atom. The van der Waals surface area contributed by atoms with Gasteiger partial charge in [0.15, 0.2) is 0 Å². The lowest BCUT2D eigenvalue weighted by molar-refractivity contribution is -0.123. The number of nitrogens with one attached hydrogen (secondary N) is 1. The Bertz CT molecular complexity index is 312. The molecule has 0 radical (unpaired) electrons. The van der Waals surface area contributed by atoms with Crippen LogP contribution in [0, 0.1) is 23.7 Å². The van der Waals surface area contributed by atoms with Gasteiger partial charge in [0.25, 0.3) is 0 Å². The number of hydrogen-bond donors (Lipinski definition) is 2. The van der Waals surface area contributed by atoms with Gasteiger partial charge in [0.05, 0.1) is 0 Å². The summed E-state index contributed by atoms with van der Waals surface area (Å²) in [6.07, 6.45) is 9.49. The summed E-state index contributed by atoms with van der Waals surface area (Å²) in [7, 11) is 0. The maximum Gasteiger partial charge on any atom is 0.220 e. The number of fused-ring (bicyclic) bond motifs is 2. The first kappa shape index (κ1) is 12.5. The lowest BCUT2D eigenvalue weighted by atomic mass is 9.85. The molecule has 102 valence electrons. The van der Waals surface area contributed by atoms with Crippen LogP contribution in [0.25, 0.3) is 0 Å². The minimum Gasteiger partial charge on any atom is -0.396 e. The number of rotatable bonds is 4. The van der Waals surface area contributed by atoms with Crippen LogP contribution in [0.15, 0.2) is 0 Å². The first-order valence-corrected chi connectivity index (χ1v) is 7.68. The van der Waals surface area contributed by atoms with E-state index in [1.54, 1.807) is 0 Å². The molecule has 4 atom stereocenters. The topological polar surface area (TPSA) is 49.3 Å². The van der Waals surface area contributed by atoms with Crippen LogP contribution in [-0.4, -0.2) is 23.7 Å². The van der Waals surface area contributed by atoms with Gasteiger partial charge in [-0.05, 0) is 49.9 Å². The van der Waals surface area contributed by atoms with E-state index in [-0.39, 0.29) is 18.6 Å². The van der Waals surface area contributed by atoms with Crippen molar-refractivity contribution < 1.29 is 9.90 Å². The summed E-state index contributed by atoms with van der Waals surface area (Å²) in [6, 6.07) is 0.266. The van der Waals surface area contributed by atoms with Gasteiger partial charge in [-0.15, -0.1) is 0 Å². The molecular weight excluding hydrogens is 226 g/mol. The van der Waals surface area contributed by atoms with E-state index in [1.165, 1.54) is 44.9 Å². The molecule has 3 fully saturated rings. The molecule has 3 aliphatic carbocycles. The number of aliphatic hydroxyl groups is 1. The van der Waals surface area contributed by atoms with Gasteiger partial charge in [0.2, 0.25) is 5.91 Å². The molecule has 3 aliphatic rings. The smallest absolute Gasteiger partial charge is 0.220 e. The van der Waals surface area contributed by atoms with Crippen LogP contribution < -0.4 is 5.32 Å². The average Bonchev–Trinajstić information content (AvgIpc) is 3.04. The van der Waals surface area contributed by atoms with Crippen molar-refractivity contribution >= 4 is 5.91 Å². The van der Waals surface area contributed by atoms with Crippen molar-refractivity contribution in [2.45, 2.75) is 57.4 Å². The largest absolute Gasteiger partial charge is 0.396 e. The average molecular weight is 251 g/mol. The highest BCUT2D eigenvalue weighted by Crippen LogP contribution is 2.48. The molecule has 0 spiro atoms. The summed E-state index contributed by atoms with van der Waals surface area (Å²) in [4.78, 5) is 12.1. The van der Waals surface area contributed by atoms with Gasteiger partial charge < -0.3 is 10.4 Å². The molecular formula is C15H25NO2. The summed E-state index contributed by atoms with van der Waals surface area (Å²) in [5.41, 5.74) is 0. The Balaban J connectivity index is 1.53.